The second-order valence-corrected chi connectivity index (χ2v) is 11.6. The molecular formula is C27H34ClNO2. The van der Waals surface area contributed by atoms with Crippen LogP contribution in [0.4, 0.5) is 0 Å². The Labute approximate surface area is 191 Å². The van der Waals surface area contributed by atoms with Gasteiger partial charge in [0.1, 0.15) is 6.61 Å². The number of nitrogens with one attached hydrogen (secondary N) is 1. The number of para-hydroxylation sites is 1. The Bertz CT molecular complexity index is 938. The number of benzene rings is 2. The average Bonchev–Trinajstić information content (AvgIpc) is 2.69. The van der Waals surface area contributed by atoms with Crippen molar-refractivity contribution in [1.82, 2.24) is 5.32 Å². The highest BCUT2D eigenvalue weighted by Gasteiger charge is 2.59. The molecule has 4 saturated carbocycles. The lowest BCUT2D eigenvalue weighted by molar-refractivity contribution is -0.118. The Morgan fingerprint density at radius 1 is 0.968 bits per heavy atom. The second-order valence-electron chi connectivity index (χ2n) is 11.1. The van der Waals surface area contributed by atoms with E-state index in [0.29, 0.717) is 17.4 Å². The first-order valence-electron chi connectivity index (χ1n) is 11.6. The summed E-state index contributed by atoms with van der Waals surface area (Å²) >= 11 is 6.02. The first kappa shape index (κ1) is 21.2. The molecule has 0 aromatic heterocycles. The molecule has 0 aliphatic heterocycles. The molecule has 0 saturated heterocycles. The van der Waals surface area contributed by atoms with Crippen LogP contribution in [0.1, 0.15) is 63.5 Å². The van der Waals surface area contributed by atoms with Crippen LogP contribution in [0.5, 0.6) is 11.5 Å². The molecule has 4 fully saturated rings. The van der Waals surface area contributed by atoms with E-state index in [1.54, 1.807) is 7.11 Å². The second kappa shape index (κ2) is 7.71. The van der Waals surface area contributed by atoms with Crippen molar-refractivity contribution < 1.29 is 9.47 Å². The first-order valence-corrected chi connectivity index (χ1v) is 12.0. The van der Waals surface area contributed by atoms with Crippen LogP contribution in [0.2, 0.25) is 5.02 Å². The normalized spacial score (nSPS) is 33.5. The van der Waals surface area contributed by atoms with Gasteiger partial charge in [0.2, 0.25) is 0 Å². The van der Waals surface area contributed by atoms with Crippen molar-refractivity contribution in [3.05, 3.63) is 58.6 Å². The Morgan fingerprint density at radius 3 is 2.32 bits per heavy atom. The van der Waals surface area contributed by atoms with Gasteiger partial charge < -0.3 is 14.8 Å². The van der Waals surface area contributed by atoms with Crippen LogP contribution in [0.15, 0.2) is 42.5 Å². The molecular weight excluding hydrogens is 406 g/mol. The van der Waals surface area contributed by atoms with Crippen LogP contribution in [-0.4, -0.2) is 12.6 Å². The molecule has 3 nitrogen and oxygen atoms in total. The maximum absolute atomic E-state index is 6.29. The Kier molecular flexibility index (Phi) is 5.26. The number of rotatable bonds is 7. The van der Waals surface area contributed by atoms with Gasteiger partial charge in [-0.3, -0.25) is 0 Å². The number of methoxy groups -OCH3 is 1. The summed E-state index contributed by atoms with van der Waals surface area (Å²) in [7, 11) is 1.71. The summed E-state index contributed by atoms with van der Waals surface area (Å²) in [6.07, 6.45) is 8.16. The van der Waals surface area contributed by atoms with Gasteiger partial charge in [-0.2, -0.15) is 0 Å². The number of halogens is 1. The molecule has 0 radical (unpaired) electrons. The molecule has 4 aliphatic carbocycles. The Hall–Kier alpha value is -1.71. The van der Waals surface area contributed by atoms with E-state index in [1.807, 2.05) is 30.3 Å². The predicted molar refractivity (Wildman–Crippen MR) is 126 cm³/mol. The van der Waals surface area contributed by atoms with Crippen molar-refractivity contribution in [2.24, 2.45) is 16.7 Å². The highest BCUT2D eigenvalue weighted by Crippen LogP contribution is 2.66. The van der Waals surface area contributed by atoms with Gasteiger partial charge >= 0.3 is 0 Å². The Morgan fingerprint density at radius 2 is 1.68 bits per heavy atom. The van der Waals surface area contributed by atoms with E-state index < -0.39 is 0 Å². The summed E-state index contributed by atoms with van der Waals surface area (Å²) in [4.78, 5) is 0. The minimum Gasteiger partial charge on any atom is -0.493 e. The van der Waals surface area contributed by atoms with Gasteiger partial charge in [0.05, 0.1) is 7.11 Å². The van der Waals surface area contributed by atoms with Crippen molar-refractivity contribution in [1.29, 1.82) is 0 Å². The molecule has 2 unspecified atom stereocenters. The third-order valence-electron chi connectivity index (χ3n) is 7.86. The highest BCUT2D eigenvalue weighted by atomic mass is 35.5. The summed E-state index contributed by atoms with van der Waals surface area (Å²) in [6.45, 7) is 6.36. The smallest absolute Gasteiger partial charge is 0.166 e. The fraction of sp³-hybridized carbons (Fsp3) is 0.556. The number of hydrogen-bond acceptors (Lipinski definition) is 3. The fourth-order valence-corrected chi connectivity index (χ4v) is 7.81. The van der Waals surface area contributed by atoms with E-state index in [1.165, 1.54) is 44.1 Å². The first-order chi connectivity index (χ1) is 14.8. The molecule has 0 spiro atoms. The van der Waals surface area contributed by atoms with Gasteiger partial charge in [-0.15, -0.1) is 0 Å². The largest absolute Gasteiger partial charge is 0.493 e. The van der Waals surface area contributed by atoms with E-state index in [9.17, 15) is 0 Å². The van der Waals surface area contributed by atoms with Crippen LogP contribution in [-0.2, 0) is 13.2 Å². The van der Waals surface area contributed by atoms with Crippen molar-refractivity contribution >= 4 is 11.6 Å². The third kappa shape index (κ3) is 4.19. The van der Waals surface area contributed by atoms with Gasteiger partial charge in [0, 0.05) is 22.7 Å². The molecule has 2 aromatic rings. The summed E-state index contributed by atoms with van der Waals surface area (Å²) in [5.74, 6) is 2.51. The van der Waals surface area contributed by atoms with E-state index in [2.05, 4.69) is 31.3 Å². The quantitative estimate of drug-likeness (QED) is 0.516. The lowest BCUT2D eigenvalue weighted by atomic mass is 9.43. The molecule has 31 heavy (non-hydrogen) atoms. The Balaban J connectivity index is 1.34. The van der Waals surface area contributed by atoms with Crippen molar-refractivity contribution in [3.8, 4) is 11.5 Å². The van der Waals surface area contributed by atoms with Gasteiger partial charge in [-0.25, -0.2) is 0 Å². The molecule has 2 aromatic carbocycles. The lowest BCUT2D eigenvalue weighted by Gasteiger charge is -2.65. The topological polar surface area (TPSA) is 30.5 Å². The molecule has 4 heteroatoms. The van der Waals surface area contributed by atoms with Crippen molar-refractivity contribution in [2.75, 3.05) is 7.11 Å². The lowest BCUT2D eigenvalue weighted by Crippen LogP contribution is -2.63. The monoisotopic (exact) mass is 439 g/mol. The molecule has 0 amide bonds. The SMILES string of the molecule is COc1cccc(CNC23CC4CC(C)(CC(C)(C4)C2)C3)c1OCc1ccc(Cl)cc1. The van der Waals surface area contributed by atoms with Gasteiger partial charge in [-0.1, -0.05) is 49.7 Å². The van der Waals surface area contributed by atoms with Crippen LogP contribution < -0.4 is 14.8 Å². The van der Waals surface area contributed by atoms with Crippen molar-refractivity contribution in [3.63, 3.8) is 0 Å². The van der Waals surface area contributed by atoms with E-state index >= 15 is 0 Å². The average molecular weight is 440 g/mol. The van der Waals surface area contributed by atoms with Crippen molar-refractivity contribution in [2.45, 2.75) is 71.1 Å². The summed E-state index contributed by atoms with van der Waals surface area (Å²) in [6, 6.07) is 14.0. The molecule has 166 valence electrons. The summed E-state index contributed by atoms with van der Waals surface area (Å²) in [5.41, 5.74) is 3.53. The summed E-state index contributed by atoms with van der Waals surface area (Å²) < 4.78 is 11.9. The molecule has 2 atom stereocenters. The van der Waals surface area contributed by atoms with E-state index in [0.717, 1.165) is 34.5 Å². The van der Waals surface area contributed by atoms with Crippen LogP contribution in [0.25, 0.3) is 0 Å². The minimum atomic E-state index is 0.263. The maximum atomic E-state index is 6.29. The van der Waals surface area contributed by atoms with Crippen LogP contribution in [0, 0.1) is 16.7 Å². The van der Waals surface area contributed by atoms with Gasteiger partial charge in [0.25, 0.3) is 0 Å². The third-order valence-corrected chi connectivity index (χ3v) is 8.11. The zero-order chi connectivity index (χ0) is 21.7. The van der Waals surface area contributed by atoms with E-state index in [-0.39, 0.29) is 5.54 Å². The zero-order valence-corrected chi connectivity index (χ0v) is 19.7. The van der Waals surface area contributed by atoms with Crippen LogP contribution in [0.3, 0.4) is 0 Å². The van der Waals surface area contributed by atoms with Gasteiger partial charge in [0.15, 0.2) is 11.5 Å². The zero-order valence-electron chi connectivity index (χ0n) is 19.0. The molecule has 1 N–H and O–H groups in total. The maximum Gasteiger partial charge on any atom is 0.166 e. The standard InChI is InChI=1S/C27H34ClNO2/c1-25-11-20-12-26(2,16-25)18-27(13-20,17-25)29-14-21-5-4-6-23(30-3)24(21)31-15-19-7-9-22(28)10-8-19/h4-10,20,29H,11-18H2,1-3H3. The van der Waals surface area contributed by atoms with Crippen LogP contribution >= 0.6 is 11.6 Å². The minimum absolute atomic E-state index is 0.263. The predicted octanol–water partition coefficient (Wildman–Crippen LogP) is 6.77. The fourth-order valence-electron chi connectivity index (χ4n) is 7.69. The van der Waals surface area contributed by atoms with E-state index in [4.69, 9.17) is 21.1 Å². The molecule has 4 aliphatic rings. The molecule has 6 rings (SSSR count). The molecule has 4 bridgehead atoms. The van der Waals surface area contributed by atoms with Gasteiger partial charge in [-0.05, 0) is 79.0 Å². The molecule has 0 heterocycles. The number of hydrogen-bond donors (Lipinski definition) is 1. The summed E-state index contributed by atoms with van der Waals surface area (Å²) in [5, 5.41) is 4.78. The number of ether oxygens (including phenoxy) is 2. The highest BCUT2D eigenvalue weighted by molar-refractivity contribution is 6.30.